The van der Waals surface area contributed by atoms with Crippen LogP contribution in [-0.2, 0) is 19.5 Å². The summed E-state index contributed by atoms with van der Waals surface area (Å²) in [7, 11) is 0. The highest BCUT2D eigenvalue weighted by Crippen LogP contribution is 2.37. The summed E-state index contributed by atoms with van der Waals surface area (Å²) in [6, 6.07) is 3.32. The fourth-order valence-electron chi connectivity index (χ4n) is 2.96. The molecular formula is C15H16N4O3S. The van der Waals surface area contributed by atoms with Crippen LogP contribution in [0.1, 0.15) is 40.7 Å². The number of fused-ring (bicyclic) bond motifs is 1. The molecule has 23 heavy (non-hydrogen) atoms. The number of nitro groups is 1. The third-order valence-electron chi connectivity index (χ3n) is 4.34. The second-order valence-electron chi connectivity index (χ2n) is 6.11. The van der Waals surface area contributed by atoms with E-state index >= 15 is 0 Å². The number of H-pyrrole nitrogens is 1. The van der Waals surface area contributed by atoms with Gasteiger partial charge in [-0.2, -0.15) is 0 Å². The van der Waals surface area contributed by atoms with E-state index in [1.54, 1.807) is 6.07 Å². The van der Waals surface area contributed by atoms with E-state index in [2.05, 4.69) is 14.9 Å². The molecule has 2 aromatic heterocycles. The number of thiophene rings is 1. The average Bonchev–Trinajstić information content (AvgIpc) is 3.27. The molecule has 0 unspecified atom stereocenters. The number of rotatable bonds is 4. The van der Waals surface area contributed by atoms with Gasteiger partial charge in [0.25, 0.3) is 5.56 Å². The molecule has 8 heteroatoms. The molecular weight excluding hydrogens is 316 g/mol. The highest BCUT2D eigenvalue weighted by Gasteiger charge is 2.29. The minimum absolute atomic E-state index is 0.0289. The first-order valence-electron chi connectivity index (χ1n) is 7.67. The lowest BCUT2D eigenvalue weighted by Crippen LogP contribution is -2.35. The molecule has 0 amide bonds. The predicted octanol–water partition coefficient (Wildman–Crippen LogP) is 2.18. The maximum absolute atomic E-state index is 12.3. The van der Waals surface area contributed by atoms with Gasteiger partial charge in [0.05, 0.1) is 16.2 Å². The minimum Gasteiger partial charge on any atom is -0.310 e. The van der Waals surface area contributed by atoms with Crippen molar-refractivity contribution in [2.24, 2.45) is 0 Å². The SMILES string of the molecule is O=c1[nH]c(C2CC2)nc2c1CN(Cc1ccc([N+](=O)[O-])s1)CC2. The van der Waals surface area contributed by atoms with Gasteiger partial charge in [0, 0.05) is 42.9 Å². The van der Waals surface area contributed by atoms with E-state index < -0.39 is 0 Å². The van der Waals surface area contributed by atoms with Gasteiger partial charge < -0.3 is 4.98 Å². The van der Waals surface area contributed by atoms with Crippen molar-refractivity contribution in [2.75, 3.05) is 6.54 Å². The van der Waals surface area contributed by atoms with Gasteiger partial charge in [-0.25, -0.2) is 4.98 Å². The van der Waals surface area contributed by atoms with Crippen molar-refractivity contribution in [1.29, 1.82) is 0 Å². The van der Waals surface area contributed by atoms with Crippen molar-refractivity contribution in [3.05, 3.63) is 54.6 Å². The van der Waals surface area contributed by atoms with Gasteiger partial charge in [-0.3, -0.25) is 19.8 Å². The van der Waals surface area contributed by atoms with Gasteiger partial charge in [0.2, 0.25) is 0 Å². The molecule has 0 aromatic carbocycles. The normalized spacial score (nSPS) is 17.9. The molecule has 7 nitrogen and oxygen atoms in total. The van der Waals surface area contributed by atoms with Crippen LogP contribution in [0, 0.1) is 10.1 Å². The molecule has 4 rings (SSSR count). The van der Waals surface area contributed by atoms with Crippen LogP contribution in [0.2, 0.25) is 0 Å². The van der Waals surface area contributed by atoms with Crippen molar-refractivity contribution in [1.82, 2.24) is 14.9 Å². The van der Waals surface area contributed by atoms with E-state index in [-0.39, 0.29) is 15.5 Å². The van der Waals surface area contributed by atoms with E-state index in [4.69, 9.17) is 0 Å². The molecule has 2 aliphatic rings. The second-order valence-corrected chi connectivity index (χ2v) is 7.26. The van der Waals surface area contributed by atoms with Crippen molar-refractivity contribution in [2.45, 2.75) is 38.3 Å². The van der Waals surface area contributed by atoms with Crippen LogP contribution in [0.4, 0.5) is 5.00 Å². The Kier molecular flexibility index (Phi) is 3.50. The smallest absolute Gasteiger partial charge is 0.310 e. The Bertz CT molecular complexity index is 824. The molecule has 0 atom stereocenters. The molecule has 2 aromatic rings. The predicted molar refractivity (Wildman–Crippen MR) is 85.6 cm³/mol. The molecule has 1 fully saturated rings. The van der Waals surface area contributed by atoms with Gasteiger partial charge in [0.15, 0.2) is 0 Å². The van der Waals surface area contributed by atoms with Gasteiger partial charge in [-0.1, -0.05) is 11.3 Å². The van der Waals surface area contributed by atoms with Gasteiger partial charge in [-0.05, 0) is 18.9 Å². The fourth-order valence-corrected chi connectivity index (χ4v) is 3.82. The van der Waals surface area contributed by atoms with E-state index in [0.717, 1.165) is 47.8 Å². The van der Waals surface area contributed by atoms with Crippen LogP contribution >= 0.6 is 11.3 Å². The lowest BCUT2D eigenvalue weighted by molar-refractivity contribution is -0.380. The van der Waals surface area contributed by atoms with Crippen molar-refractivity contribution in [3.8, 4) is 0 Å². The molecule has 0 saturated heterocycles. The Labute approximate surface area is 136 Å². The summed E-state index contributed by atoms with van der Waals surface area (Å²) in [6.45, 7) is 2.00. The fraction of sp³-hybridized carbons (Fsp3) is 0.467. The topological polar surface area (TPSA) is 92.1 Å². The number of nitrogens with zero attached hydrogens (tertiary/aromatic N) is 3. The van der Waals surface area contributed by atoms with Gasteiger partial charge >= 0.3 is 5.00 Å². The van der Waals surface area contributed by atoms with Crippen LogP contribution in [0.15, 0.2) is 16.9 Å². The number of aromatic nitrogens is 2. The first kappa shape index (κ1) is 14.5. The Morgan fingerprint density at radius 2 is 2.26 bits per heavy atom. The maximum Gasteiger partial charge on any atom is 0.324 e. The molecule has 1 aliphatic heterocycles. The zero-order valence-corrected chi connectivity index (χ0v) is 13.3. The first-order chi connectivity index (χ1) is 11.1. The van der Waals surface area contributed by atoms with Crippen LogP contribution in [0.25, 0.3) is 0 Å². The summed E-state index contributed by atoms with van der Waals surface area (Å²) in [5, 5.41) is 10.9. The lowest BCUT2D eigenvalue weighted by Gasteiger charge is -2.27. The van der Waals surface area contributed by atoms with Crippen molar-refractivity contribution in [3.63, 3.8) is 0 Å². The largest absolute Gasteiger partial charge is 0.324 e. The maximum atomic E-state index is 12.3. The average molecular weight is 332 g/mol. The summed E-state index contributed by atoms with van der Waals surface area (Å²) in [4.78, 5) is 33.3. The minimum atomic E-state index is -0.367. The number of nitrogens with one attached hydrogen (secondary N) is 1. The third-order valence-corrected chi connectivity index (χ3v) is 5.36. The highest BCUT2D eigenvalue weighted by atomic mass is 32.1. The van der Waals surface area contributed by atoms with Crippen LogP contribution in [0.3, 0.4) is 0 Å². The van der Waals surface area contributed by atoms with Crippen LogP contribution < -0.4 is 5.56 Å². The van der Waals surface area contributed by atoms with E-state index in [1.165, 1.54) is 17.4 Å². The zero-order chi connectivity index (χ0) is 16.0. The molecule has 1 saturated carbocycles. The Morgan fingerprint density at radius 1 is 1.43 bits per heavy atom. The zero-order valence-electron chi connectivity index (χ0n) is 12.4. The summed E-state index contributed by atoms with van der Waals surface area (Å²) in [6.07, 6.45) is 2.99. The molecule has 0 radical (unpaired) electrons. The Hall–Kier alpha value is -2.06. The van der Waals surface area contributed by atoms with Gasteiger partial charge in [0.1, 0.15) is 5.82 Å². The summed E-state index contributed by atoms with van der Waals surface area (Å²) >= 11 is 1.19. The van der Waals surface area contributed by atoms with E-state index in [1.807, 2.05) is 0 Å². The lowest BCUT2D eigenvalue weighted by atomic mass is 10.1. The van der Waals surface area contributed by atoms with Gasteiger partial charge in [-0.15, -0.1) is 0 Å². The number of hydrogen-bond acceptors (Lipinski definition) is 6. The van der Waals surface area contributed by atoms with E-state index in [9.17, 15) is 14.9 Å². The van der Waals surface area contributed by atoms with Crippen LogP contribution in [0.5, 0.6) is 0 Å². The molecule has 1 aliphatic carbocycles. The quantitative estimate of drug-likeness (QED) is 0.684. The monoisotopic (exact) mass is 332 g/mol. The Morgan fingerprint density at radius 3 is 2.96 bits per heavy atom. The molecule has 1 N–H and O–H groups in total. The summed E-state index contributed by atoms with van der Waals surface area (Å²) in [5.41, 5.74) is 1.63. The van der Waals surface area contributed by atoms with Crippen molar-refractivity contribution < 1.29 is 4.92 Å². The van der Waals surface area contributed by atoms with E-state index in [0.29, 0.717) is 19.0 Å². The third kappa shape index (κ3) is 2.91. The van der Waals surface area contributed by atoms with Crippen LogP contribution in [-0.4, -0.2) is 26.3 Å². The second kappa shape index (κ2) is 5.54. The first-order valence-corrected chi connectivity index (χ1v) is 8.49. The number of aromatic amines is 1. The highest BCUT2D eigenvalue weighted by molar-refractivity contribution is 7.15. The molecule has 3 heterocycles. The Balaban J connectivity index is 1.51. The molecule has 120 valence electrons. The summed E-state index contributed by atoms with van der Waals surface area (Å²) in [5.74, 6) is 1.29. The summed E-state index contributed by atoms with van der Waals surface area (Å²) < 4.78 is 0. The molecule has 0 bridgehead atoms. The standard InChI is InChI=1S/C15H16N4O3S/c20-15-11-8-18(7-10-3-4-13(23-10)19(21)22)6-5-12(11)16-14(17-15)9-1-2-9/h3-4,9H,1-2,5-8H2,(H,16,17,20). The number of hydrogen-bond donors (Lipinski definition) is 1. The van der Waals surface area contributed by atoms with Crippen molar-refractivity contribution >= 4 is 16.3 Å². The molecule has 0 spiro atoms.